The monoisotopic (exact) mass is 262 g/mol. The SMILES string of the molecule is O=C1OC(=O)OC(CCC2OC(=O)OC(=O)O2)O1. The second-order valence-corrected chi connectivity index (χ2v) is 3.11. The van der Waals surface area contributed by atoms with Crippen LogP contribution in [0.1, 0.15) is 12.8 Å². The van der Waals surface area contributed by atoms with E-state index in [0.717, 1.165) is 0 Å². The van der Waals surface area contributed by atoms with E-state index < -0.39 is 37.2 Å². The van der Waals surface area contributed by atoms with Crippen molar-refractivity contribution in [2.24, 2.45) is 0 Å². The van der Waals surface area contributed by atoms with E-state index >= 15 is 0 Å². The van der Waals surface area contributed by atoms with Gasteiger partial charge in [0.2, 0.25) is 0 Å². The Bertz CT molecular complexity index is 331. The first-order chi connectivity index (χ1) is 8.52. The highest BCUT2D eigenvalue weighted by molar-refractivity contribution is 5.79. The van der Waals surface area contributed by atoms with Crippen LogP contribution in [-0.2, 0) is 28.4 Å². The molecule has 2 aliphatic rings. The molecule has 10 nitrogen and oxygen atoms in total. The molecule has 98 valence electrons. The van der Waals surface area contributed by atoms with Gasteiger partial charge in [-0.15, -0.1) is 0 Å². The molecule has 0 saturated carbocycles. The van der Waals surface area contributed by atoms with Gasteiger partial charge in [0, 0.05) is 12.8 Å². The molecule has 2 fully saturated rings. The van der Waals surface area contributed by atoms with Crippen LogP contribution in [0.25, 0.3) is 0 Å². The molecule has 0 aromatic carbocycles. The molecule has 0 aromatic rings. The van der Waals surface area contributed by atoms with E-state index in [1.54, 1.807) is 0 Å². The molecule has 0 amide bonds. The maximum atomic E-state index is 10.7. The summed E-state index contributed by atoms with van der Waals surface area (Å²) in [6, 6.07) is 0. The Morgan fingerprint density at radius 3 is 1.17 bits per heavy atom. The van der Waals surface area contributed by atoms with Crippen LogP contribution in [0.2, 0.25) is 0 Å². The first-order valence-electron chi connectivity index (χ1n) is 4.71. The van der Waals surface area contributed by atoms with Gasteiger partial charge in [-0.2, -0.15) is 0 Å². The lowest BCUT2D eigenvalue weighted by atomic mass is 10.3. The summed E-state index contributed by atoms with van der Waals surface area (Å²) in [5.41, 5.74) is 0. The molecule has 0 N–H and O–H groups in total. The summed E-state index contributed by atoms with van der Waals surface area (Å²) in [5, 5.41) is 0. The average molecular weight is 262 g/mol. The van der Waals surface area contributed by atoms with Crippen LogP contribution in [0.5, 0.6) is 0 Å². The van der Waals surface area contributed by atoms with Crippen LogP contribution in [0.15, 0.2) is 0 Å². The Hall–Kier alpha value is -2.52. The van der Waals surface area contributed by atoms with Crippen molar-refractivity contribution in [2.45, 2.75) is 25.4 Å². The zero-order chi connectivity index (χ0) is 13.1. The van der Waals surface area contributed by atoms with E-state index in [1.165, 1.54) is 0 Å². The number of hydrogen-bond acceptors (Lipinski definition) is 10. The molecule has 0 aliphatic carbocycles. The summed E-state index contributed by atoms with van der Waals surface area (Å²) < 4.78 is 25.8. The number of carbonyl (C=O) groups excluding carboxylic acids is 4. The zero-order valence-electron chi connectivity index (χ0n) is 8.65. The highest BCUT2D eigenvalue weighted by atomic mass is 16.9. The van der Waals surface area contributed by atoms with E-state index in [4.69, 9.17) is 0 Å². The highest BCUT2D eigenvalue weighted by Gasteiger charge is 2.34. The molecule has 0 aromatic heterocycles. The van der Waals surface area contributed by atoms with Crippen LogP contribution < -0.4 is 0 Å². The summed E-state index contributed by atoms with van der Waals surface area (Å²) in [6.07, 6.45) is -7.28. The quantitative estimate of drug-likeness (QED) is 0.537. The van der Waals surface area contributed by atoms with Gasteiger partial charge in [-0.25, -0.2) is 19.2 Å². The van der Waals surface area contributed by atoms with Crippen LogP contribution in [0, 0.1) is 0 Å². The molecule has 0 atom stereocenters. The van der Waals surface area contributed by atoms with Crippen molar-refractivity contribution in [3.05, 3.63) is 0 Å². The van der Waals surface area contributed by atoms with Crippen molar-refractivity contribution in [3.63, 3.8) is 0 Å². The largest absolute Gasteiger partial charge is 0.521 e. The van der Waals surface area contributed by atoms with Crippen LogP contribution >= 0.6 is 0 Å². The topological polar surface area (TPSA) is 124 Å². The van der Waals surface area contributed by atoms with Crippen LogP contribution in [0.3, 0.4) is 0 Å². The first-order valence-corrected chi connectivity index (χ1v) is 4.71. The highest BCUT2D eigenvalue weighted by Crippen LogP contribution is 2.18. The van der Waals surface area contributed by atoms with Gasteiger partial charge in [0.15, 0.2) is 0 Å². The van der Waals surface area contributed by atoms with Crippen molar-refractivity contribution >= 4 is 24.6 Å². The van der Waals surface area contributed by atoms with Gasteiger partial charge in [0.25, 0.3) is 12.6 Å². The van der Waals surface area contributed by atoms with Gasteiger partial charge in [-0.05, 0) is 0 Å². The number of hydrogen-bond donors (Lipinski definition) is 0. The van der Waals surface area contributed by atoms with Gasteiger partial charge >= 0.3 is 24.6 Å². The van der Waals surface area contributed by atoms with Gasteiger partial charge in [-0.1, -0.05) is 0 Å². The fourth-order valence-electron chi connectivity index (χ4n) is 1.22. The second-order valence-electron chi connectivity index (χ2n) is 3.11. The normalized spacial score (nSPS) is 21.1. The maximum Gasteiger partial charge on any atom is 0.521 e. The Morgan fingerprint density at radius 2 is 0.889 bits per heavy atom. The second kappa shape index (κ2) is 4.77. The van der Waals surface area contributed by atoms with Gasteiger partial charge in [0.1, 0.15) is 0 Å². The Morgan fingerprint density at radius 1 is 0.611 bits per heavy atom. The molecule has 2 saturated heterocycles. The lowest BCUT2D eigenvalue weighted by Crippen LogP contribution is -2.36. The molecule has 18 heavy (non-hydrogen) atoms. The molecule has 0 unspecified atom stereocenters. The number of cyclic esters (lactones) is 8. The molecule has 2 rings (SSSR count). The van der Waals surface area contributed by atoms with Gasteiger partial charge < -0.3 is 28.4 Å². The number of ether oxygens (including phenoxy) is 6. The fraction of sp³-hybridized carbons (Fsp3) is 0.500. The molecular weight excluding hydrogens is 256 g/mol. The molecule has 2 heterocycles. The Balaban J connectivity index is 1.80. The summed E-state index contributed by atoms with van der Waals surface area (Å²) >= 11 is 0. The third-order valence-corrected chi connectivity index (χ3v) is 1.88. The standard InChI is InChI=1S/C8H6O10/c9-5-13-3(14-6(10)17-5)1-2-4-15-7(11)18-8(12)16-4/h3-4H,1-2H2. The minimum Gasteiger partial charge on any atom is -0.393 e. The first kappa shape index (κ1) is 12.0. The molecule has 0 bridgehead atoms. The van der Waals surface area contributed by atoms with Crippen LogP contribution in [-0.4, -0.2) is 37.2 Å². The Kier molecular flexibility index (Phi) is 3.17. The van der Waals surface area contributed by atoms with Gasteiger partial charge in [-0.3, -0.25) is 0 Å². The number of rotatable bonds is 3. The Labute approximate surface area is 98.6 Å². The minimum atomic E-state index is -1.20. The van der Waals surface area contributed by atoms with Crippen LogP contribution in [0.4, 0.5) is 19.2 Å². The lowest BCUT2D eigenvalue weighted by molar-refractivity contribution is -0.162. The minimum absolute atomic E-state index is 0.0495. The number of carbonyl (C=O) groups is 4. The van der Waals surface area contributed by atoms with E-state index in [-0.39, 0.29) is 12.8 Å². The predicted octanol–water partition coefficient (Wildman–Crippen LogP) is 1.03. The summed E-state index contributed by atoms with van der Waals surface area (Å²) in [4.78, 5) is 42.8. The predicted molar refractivity (Wildman–Crippen MR) is 44.9 cm³/mol. The smallest absolute Gasteiger partial charge is 0.393 e. The van der Waals surface area contributed by atoms with E-state index in [0.29, 0.717) is 0 Å². The van der Waals surface area contributed by atoms with E-state index in [1.807, 2.05) is 0 Å². The molecular formula is C8H6O10. The van der Waals surface area contributed by atoms with E-state index in [9.17, 15) is 19.2 Å². The summed E-state index contributed by atoms with van der Waals surface area (Å²) in [6.45, 7) is 0. The summed E-state index contributed by atoms with van der Waals surface area (Å²) in [7, 11) is 0. The third kappa shape index (κ3) is 2.99. The fourth-order valence-corrected chi connectivity index (χ4v) is 1.22. The molecule has 0 radical (unpaired) electrons. The van der Waals surface area contributed by atoms with Crippen molar-refractivity contribution in [3.8, 4) is 0 Å². The van der Waals surface area contributed by atoms with Gasteiger partial charge in [0.05, 0.1) is 0 Å². The molecule has 0 spiro atoms. The maximum absolute atomic E-state index is 10.7. The third-order valence-electron chi connectivity index (χ3n) is 1.88. The van der Waals surface area contributed by atoms with Crippen molar-refractivity contribution in [1.29, 1.82) is 0 Å². The zero-order valence-corrected chi connectivity index (χ0v) is 8.65. The molecule has 2 aliphatic heterocycles. The van der Waals surface area contributed by atoms with E-state index in [2.05, 4.69) is 28.4 Å². The lowest BCUT2D eigenvalue weighted by Gasteiger charge is -2.24. The van der Waals surface area contributed by atoms with Crippen molar-refractivity contribution in [2.75, 3.05) is 0 Å². The van der Waals surface area contributed by atoms with Crippen molar-refractivity contribution < 1.29 is 47.6 Å². The average Bonchev–Trinajstić information content (AvgIpc) is 2.23. The van der Waals surface area contributed by atoms with Crippen molar-refractivity contribution in [1.82, 2.24) is 0 Å². The molecule has 10 heteroatoms. The summed E-state index contributed by atoms with van der Waals surface area (Å²) in [5.74, 6) is 0.